The van der Waals surface area contributed by atoms with Gasteiger partial charge in [-0.05, 0) is 136 Å². The van der Waals surface area contributed by atoms with Crippen LogP contribution in [0, 0.1) is 71.0 Å². The van der Waals surface area contributed by atoms with Crippen LogP contribution in [0.3, 0.4) is 0 Å². The van der Waals surface area contributed by atoms with Gasteiger partial charge < -0.3 is 20.1 Å². The quantitative estimate of drug-likeness (QED) is 0.163. The van der Waals surface area contributed by atoms with Crippen molar-refractivity contribution in [3.63, 3.8) is 0 Å². The molecule has 5 fully saturated rings. The van der Waals surface area contributed by atoms with Crippen LogP contribution in [-0.4, -0.2) is 75.7 Å². The number of carbonyl (C=O) groups excluding carboxylic acids is 2. The molecule has 332 valence electrons. The van der Waals surface area contributed by atoms with E-state index in [1.807, 2.05) is 20.0 Å². The SMILES string of the molecule is Cc1cc(C)cc(CC2=C[NH+](C[C@@H]3C4=C([C@H](C)C[C@@H](O)[C@@H]5OC5(C)C)C(=O)C[C@@]4(C)[C@@]4(C)CC[C@H]5[C@@](C)(C[C@H](CCCO)C(=O)[C@@]5(C)C5CCCC5)[C@@H]4[C@@H]3O)C3C=CN=C23)c1. The first-order valence-corrected chi connectivity index (χ1v) is 24.1. The minimum Gasteiger partial charge on any atom is -0.396 e. The van der Waals surface area contributed by atoms with E-state index >= 15 is 0 Å². The molecule has 0 bridgehead atoms. The summed E-state index contributed by atoms with van der Waals surface area (Å²) in [7, 11) is 0. The van der Waals surface area contributed by atoms with Crippen molar-refractivity contribution in [2.75, 3.05) is 13.2 Å². The number of fused-ring (bicyclic) bond motifs is 6. The van der Waals surface area contributed by atoms with E-state index in [1.165, 1.54) is 27.2 Å². The zero-order chi connectivity index (χ0) is 43.6. The molecule has 5 aliphatic carbocycles. The van der Waals surface area contributed by atoms with Gasteiger partial charge in [-0.2, -0.15) is 0 Å². The van der Waals surface area contributed by atoms with E-state index in [0.717, 1.165) is 68.2 Å². The Bertz CT molecular complexity index is 2070. The standard InChI is InChI=1S/C53H74N2O6/c1-30-21-31(2)23-33(22-30)25-35-28-55(38-17-19-54-44(35)38)29-37-43-42(32(3)24-39(57)48-49(4,5)61-48)40(58)27-52(43,8)51(7)18-16-41-50(6,46(51)45(37)59)26-34(13-12-20-56)47(60)53(41,9)36-14-10-11-15-36/h17,19,21-23,28,32,34,36-39,41,45-46,48,56-57,59H,10-16,18,20,24-27,29H2,1-9H3/p+1/t32-,34+,37-,38?,39-,41+,45-,46+,48+,50-,51+,52-,53+/m1/s1. The van der Waals surface area contributed by atoms with E-state index in [0.29, 0.717) is 43.9 Å². The molecule has 4 N–H and O–H groups in total. The third kappa shape index (κ3) is 6.64. The number of aryl methyl sites for hydroxylation is 2. The highest BCUT2D eigenvalue weighted by Gasteiger charge is 2.74. The molecule has 14 atom stereocenters. The van der Waals surface area contributed by atoms with Gasteiger partial charge in [-0.1, -0.05) is 76.8 Å². The van der Waals surface area contributed by atoms with Gasteiger partial charge in [-0.3, -0.25) is 19.5 Å². The number of nitrogens with zero attached hydrogens (tertiary/aromatic N) is 1. The maximum atomic E-state index is 15.0. The van der Waals surface area contributed by atoms with Gasteiger partial charge in [0.1, 0.15) is 23.8 Å². The number of hydrogen-bond donors (Lipinski definition) is 4. The van der Waals surface area contributed by atoms with Gasteiger partial charge in [0.25, 0.3) is 0 Å². The number of rotatable bonds is 12. The molecule has 61 heavy (non-hydrogen) atoms. The van der Waals surface area contributed by atoms with E-state index in [-0.39, 0.29) is 65.1 Å². The lowest BCUT2D eigenvalue weighted by molar-refractivity contribution is -0.856. The van der Waals surface area contributed by atoms with E-state index < -0.39 is 28.5 Å². The Kier molecular flexibility index (Phi) is 10.8. The number of allylic oxidation sites excluding steroid dienone is 1. The second-order valence-electron chi connectivity index (χ2n) is 23.0. The minimum atomic E-state index is -0.737. The maximum absolute atomic E-state index is 15.0. The second kappa shape index (κ2) is 15.2. The summed E-state index contributed by atoms with van der Waals surface area (Å²) in [5.41, 5.74) is 5.95. The smallest absolute Gasteiger partial charge is 0.160 e. The molecule has 2 unspecified atom stereocenters. The molecule has 8 aliphatic rings. The lowest BCUT2D eigenvalue weighted by atomic mass is 9.33. The predicted molar refractivity (Wildman–Crippen MR) is 239 cm³/mol. The summed E-state index contributed by atoms with van der Waals surface area (Å²) in [5, 5.41) is 35.3. The Hall–Kier alpha value is -2.75. The molecular formula is C53H75N2O6+. The topological polar surface area (TPSA) is 124 Å². The summed E-state index contributed by atoms with van der Waals surface area (Å²) in [5.74, 6) is 0.249. The van der Waals surface area contributed by atoms with Gasteiger partial charge >= 0.3 is 0 Å². The molecule has 1 aromatic rings. The van der Waals surface area contributed by atoms with Crippen LogP contribution in [0.15, 0.2) is 58.4 Å². The number of epoxide rings is 1. The van der Waals surface area contributed by atoms with Crippen molar-refractivity contribution in [3.8, 4) is 0 Å². The molecule has 9 rings (SSSR count). The molecule has 0 aromatic heterocycles. The molecule has 8 nitrogen and oxygen atoms in total. The number of carbonyl (C=O) groups is 2. The van der Waals surface area contributed by atoms with Crippen molar-refractivity contribution in [2.24, 2.45) is 62.2 Å². The van der Waals surface area contributed by atoms with Crippen LogP contribution in [0.25, 0.3) is 0 Å². The summed E-state index contributed by atoms with van der Waals surface area (Å²) in [6.07, 6.45) is 14.8. The van der Waals surface area contributed by atoms with Crippen LogP contribution in [0.2, 0.25) is 0 Å². The van der Waals surface area contributed by atoms with Crippen LogP contribution in [-0.2, 0) is 20.7 Å². The van der Waals surface area contributed by atoms with Crippen LogP contribution >= 0.6 is 0 Å². The molecular weight excluding hydrogens is 761 g/mol. The fourth-order valence-corrected chi connectivity index (χ4v) is 16.3. The summed E-state index contributed by atoms with van der Waals surface area (Å²) in [4.78, 5) is 36.2. The third-order valence-corrected chi connectivity index (χ3v) is 19.0. The van der Waals surface area contributed by atoms with Gasteiger partial charge in [0.05, 0.1) is 30.3 Å². The first-order valence-electron chi connectivity index (χ1n) is 24.1. The molecule has 4 saturated carbocycles. The number of Topliss-reactive ketones (excluding diaryl/α,β-unsaturated/α-hetero) is 2. The maximum Gasteiger partial charge on any atom is 0.160 e. The summed E-state index contributed by atoms with van der Waals surface area (Å²) < 4.78 is 5.90. The van der Waals surface area contributed by atoms with E-state index in [2.05, 4.69) is 78.9 Å². The number of aliphatic hydroxyl groups excluding tert-OH is 3. The van der Waals surface area contributed by atoms with E-state index in [1.54, 1.807) is 0 Å². The molecule has 1 saturated heterocycles. The average molecular weight is 836 g/mol. The molecule has 1 aromatic carbocycles. The van der Waals surface area contributed by atoms with E-state index in [4.69, 9.17) is 9.73 Å². The van der Waals surface area contributed by atoms with E-state index in [9.17, 15) is 24.9 Å². The normalized spacial score (nSPS) is 42.2. The zero-order valence-corrected chi connectivity index (χ0v) is 38.7. The van der Waals surface area contributed by atoms with Crippen molar-refractivity contribution < 1.29 is 34.5 Å². The fourth-order valence-electron chi connectivity index (χ4n) is 16.3. The lowest BCUT2D eigenvalue weighted by Gasteiger charge is -2.71. The monoisotopic (exact) mass is 836 g/mol. The Morgan fingerprint density at radius 3 is 2.34 bits per heavy atom. The lowest BCUT2D eigenvalue weighted by Crippen LogP contribution is -3.11. The van der Waals surface area contributed by atoms with Crippen molar-refractivity contribution in [3.05, 3.63) is 70.1 Å². The number of nitrogens with one attached hydrogen (secondary N) is 1. The first-order chi connectivity index (χ1) is 28.8. The van der Waals surface area contributed by atoms with Crippen molar-refractivity contribution in [2.45, 2.75) is 169 Å². The number of ketones is 2. The molecule has 0 amide bonds. The Labute approximate surface area is 365 Å². The highest BCUT2D eigenvalue weighted by atomic mass is 16.6. The predicted octanol–water partition coefficient (Wildman–Crippen LogP) is 7.39. The van der Waals surface area contributed by atoms with Gasteiger partial charge in [0.2, 0.25) is 0 Å². The highest BCUT2D eigenvalue weighted by Crippen LogP contribution is 2.76. The summed E-state index contributed by atoms with van der Waals surface area (Å²) in [6, 6.07) is 6.80. The number of quaternary nitrogens is 1. The van der Waals surface area contributed by atoms with Gasteiger partial charge in [-0.25, -0.2) is 0 Å². The van der Waals surface area contributed by atoms with Crippen molar-refractivity contribution >= 4 is 17.3 Å². The van der Waals surface area contributed by atoms with Crippen molar-refractivity contribution in [1.82, 2.24) is 0 Å². The summed E-state index contributed by atoms with van der Waals surface area (Å²) >= 11 is 0. The number of benzene rings is 1. The Morgan fingerprint density at radius 1 is 1.00 bits per heavy atom. The largest absolute Gasteiger partial charge is 0.396 e. The number of aliphatic hydroxyl groups is 3. The van der Waals surface area contributed by atoms with Gasteiger partial charge in [0.15, 0.2) is 11.8 Å². The molecule has 8 heteroatoms. The fraction of sp³-hybridized carbons (Fsp3) is 0.717. The van der Waals surface area contributed by atoms with Gasteiger partial charge in [-0.15, -0.1) is 0 Å². The highest BCUT2D eigenvalue weighted by molar-refractivity contribution is 6.07. The van der Waals surface area contributed by atoms with Crippen LogP contribution in [0.1, 0.15) is 136 Å². The number of aliphatic imine (C=N–C) groups is 1. The Morgan fingerprint density at radius 2 is 1.69 bits per heavy atom. The number of ether oxygens (including phenoxy) is 1. The van der Waals surface area contributed by atoms with Crippen LogP contribution < -0.4 is 4.90 Å². The van der Waals surface area contributed by atoms with Crippen LogP contribution in [0.5, 0.6) is 0 Å². The van der Waals surface area contributed by atoms with Gasteiger partial charge in [0, 0.05) is 48.0 Å². The van der Waals surface area contributed by atoms with Crippen molar-refractivity contribution in [1.29, 1.82) is 0 Å². The molecule has 3 heterocycles. The third-order valence-electron chi connectivity index (χ3n) is 19.0. The van der Waals surface area contributed by atoms with Crippen LogP contribution in [0.4, 0.5) is 0 Å². The minimum absolute atomic E-state index is 0.0397. The first kappa shape index (κ1) is 43.5. The number of hydrogen-bond acceptors (Lipinski definition) is 7. The molecule has 3 aliphatic heterocycles. The Balaban J connectivity index is 1.16. The zero-order valence-electron chi connectivity index (χ0n) is 38.7. The molecule has 0 spiro atoms. The summed E-state index contributed by atoms with van der Waals surface area (Å²) in [6.45, 7) is 20.6. The average Bonchev–Trinajstić information content (AvgIpc) is 3.76. The molecule has 0 radical (unpaired) electrons. The second-order valence-corrected chi connectivity index (χ2v) is 23.0.